The van der Waals surface area contributed by atoms with E-state index >= 15 is 0 Å². The number of esters is 1. The van der Waals surface area contributed by atoms with Gasteiger partial charge in [0.2, 0.25) is 11.9 Å². The zero-order valence-electron chi connectivity index (χ0n) is 17.4. The van der Waals surface area contributed by atoms with Crippen molar-refractivity contribution in [3.63, 3.8) is 0 Å². The number of nitrogens with zero attached hydrogens (tertiary/aromatic N) is 3. The fraction of sp³-hybridized carbons (Fsp3) is 0.421. The van der Waals surface area contributed by atoms with Crippen LogP contribution in [0.3, 0.4) is 0 Å². The SMILES string of the molecule is COc1ccccc1Nc1nc(N)nc(COC(=O)CCNC(=O)OC(C)(C)C)n1. The molecule has 0 radical (unpaired) electrons. The van der Waals surface area contributed by atoms with Gasteiger partial charge in [-0.1, -0.05) is 12.1 Å². The summed E-state index contributed by atoms with van der Waals surface area (Å²) in [6.07, 6.45) is -0.640. The van der Waals surface area contributed by atoms with Gasteiger partial charge in [-0.05, 0) is 32.9 Å². The molecular weight excluding hydrogens is 392 g/mol. The highest BCUT2D eigenvalue weighted by Crippen LogP contribution is 2.25. The zero-order chi connectivity index (χ0) is 22.1. The summed E-state index contributed by atoms with van der Waals surface area (Å²) in [7, 11) is 1.55. The first-order chi connectivity index (χ1) is 14.2. The maximum atomic E-state index is 11.9. The van der Waals surface area contributed by atoms with Crippen molar-refractivity contribution < 1.29 is 23.8 Å². The molecule has 2 rings (SSSR count). The quantitative estimate of drug-likeness (QED) is 0.544. The van der Waals surface area contributed by atoms with E-state index in [2.05, 4.69) is 25.6 Å². The Morgan fingerprint density at radius 1 is 1.13 bits per heavy atom. The van der Waals surface area contributed by atoms with Gasteiger partial charge in [0.1, 0.15) is 11.4 Å². The molecule has 1 heterocycles. The van der Waals surface area contributed by atoms with Gasteiger partial charge in [-0.3, -0.25) is 4.79 Å². The molecule has 1 aromatic heterocycles. The number of benzene rings is 1. The number of amides is 1. The molecule has 162 valence electrons. The standard InChI is InChI=1S/C19H26N6O5/c1-19(2,3)30-18(27)21-10-9-15(26)29-11-14-23-16(20)25-17(24-14)22-12-7-5-6-8-13(12)28-4/h5-8H,9-11H2,1-4H3,(H,21,27)(H3,20,22,23,24,25). The average molecular weight is 418 g/mol. The number of alkyl carbamates (subject to hydrolysis) is 1. The molecule has 0 aliphatic heterocycles. The summed E-state index contributed by atoms with van der Waals surface area (Å²) in [5, 5.41) is 5.47. The number of ether oxygens (including phenoxy) is 3. The van der Waals surface area contributed by atoms with Gasteiger partial charge in [0.05, 0.1) is 19.2 Å². The smallest absolute Gasteiger partial charge is 0.407 e. The van der Waals surface area contributed by atoms with Crippen molar-refractivity contribution in [2.45, 2.75) is 39.4 Å². The minimum Gasteiger partial charge on any atom is -0.495 e. The number of hydrogen-bond acceptors (Lipinski definition) is 10. The fourth-order valence-corrected chi connectivity index (χ4v) is 2.22. The molecule has 0 spiro atoms. The average Bonchev–Trinajstić information content (AvgIpc) is 2.65. The summed E-state index contributed by atoms with van der Waals surface area (Å²) in [5.74, 6) is 0.393. The fourth-order valence-electron chi connectivity index (χ4n) is 2.22. The lowest BCUT2D eigenvalue weighted by molar-refractivity contribution is -0.145. The van der Waals surface area contributed by atoms with Crippen LogP contribution in [0, 0.1) is 0 Å². The predicted molar refractivity (Wildman–Crippen MR) is 109 cm³/mol. The van der Waals surface area contributed by atoms with Gasteiger partial charge in [0.25, 0.3) is 0 Å². The Hall–Kier alpha value is -3.63. The minimum atomic E-state index is -0.612. The van der Waals surface area contributed by atoms with Crippen LogP contribution in [-0.2, 0) is 20.9 Å². The molecule has 0 aliphatic carbocycles. The van der Waals surface area contributed by atoms with E-state index in [-0.39, 0.29) is 37.3 Å². The number of hydrogen-bond donors (Lipinski definition) is 3. The van der Waals surface area contributed by atoms with Crippen molar-refractivity contribution in [1.29, 1.82) is 0 Å². The maximum Gasteiger partial charge on any atom is 0.407 e. The van der Waals surface area contributed by atoms with Crippen LogP contribution in [0.15, 0.2) is 24.3 Å². The molecule has 0 bridgehead atoms. The van der Waals surface area contributed by atoms with E-state index in [1.807, 2.05) is 12.1 Å². The summed E-state index contributed by atoms with van der Waals surface area (Å²) in [6.45, 7) is 5.13. The summed E-state index contributed by atoms with van der Waals surface area (Å²) >= 11 is 0. The van der Waals surface area contributed by atoms with Crippen molar-refractivity contribution in [2.24, 2.45) is 0 Å². The second kappa shape index (κ2) is 10.2. The third-order valence-corrected chi connectivity index (χ3v) is 3.41. The third kappa shape index (κ3) is 7.78. The summed E-state index contributed by atoms with van der Waals surface area (Å²) in [6, 6.07) is 7.22. The van der Waals surface area contributed by atoms with Gasteiger partial charge in [0.15, 0.2) is 12.4 Å². The second-order valence-corrected chi connectivity index (χ2v) is 7.10. The van der Waals surface area contributed by atoms with Gasteiger partial charge < -0.3 is 30.6 Å². The zero-order valence-corrected chi connectivity index (χ0v) is 17.4. The monoisotopic (exact) mass is 418 g/mol. The summed E-state index contributed by atoms with van der Waals surface area (Å²) in [4.78, 5) is 35.6. The van der Waals surface area contributed by atoms with E-state index in [1.54, 1.807) is 40.0 Å². The largest absolute Gasteiger partial charge is 0.495 e. The van der Waals surface area contributed by atoms with E-state index in [9.17, 15) is 9.59 Å². The first kappa shape index (κ1) is 22.7. The highest BCUT2D eigenvalue weighted by molar-refractivity contribution is 5.72. The molecule has 11 nitrogen and oxygen atoms in total. The van der Waals surface area contributed by atoms with Crippen LogP contribution in [0.5, 0.6) is 5.75 Å². The number of methoxy groups -OCH3 is 1. The number of carbonyl (C=O) groups excluding carboxylic acids is 2. The Morgan fingerprint density at radius 3 is 2.57 bits per heavy atom. The van der Waals surface area contributed by atoms with Gasteiger partial charge in [0, 0.05) is 6.54 Å². The minimum absolute atomic E-state index is 0.0277. The molecule has 30 heavy (non-hydrogen) atoms. The lowest BCUT2D eigenvalue weighted by atomic mass is 10.2. The van der Waals surface area contributed by atoms with Crippen molar-refractivity contribution in [1.82, 2.24) is 20.3 Å². The number of rotatable bonds is 8. The Labute approximate surface area is 174 Å². The second-order valence-electron chi connectivity index (χ2n) is 7.10. The third-order valence-electron chi connectivity index (χ3n) is 3.41. The van der Waals surface area contributed by atoms with Crippen molar-refractivity contribution in [2.75, 3.05) is 24.7 Å². The summed E-state index contributed by atoms with van der Waals surface area (Å²) in [5.41, 5.74) is 5.75. The Bertz CT molecular complexity index is 884. The van der Waals surface area contributed by atoms with Crippen molar-refractivity contribution >= 4 is 29.6 Å². The van der Waals surface area contributed by atoms with Crippen LogP contribution in [0.4, 0.5) is 22.4 Å². The van der Waals surface area contributed by atoms with Crippen LogP contribution in [0.1, 0.15) is 33.0 Å². The highest BCUT2D eigenvalue weighted by Gasteiger charge is 2.16. The van der Waals surface area contributed by atoms with Crippen LogP contribution >= 0.6 is 0 Å². The number of nitrogen functional groups attached to an aromatic ring is 1. The van der Waals surface area contributed by atoms with E-state index in [1.165, 1.54) is 0 Å². The molecule has 0 saturated heterocycles. The first-order valence-electron chi connectivity index (χ1n) is 9.19. The van der Waals surface area contributed by atoms with Gasteiger partial charge in [-0.2, -0.15) is 15.0 Å². The molecule has 4 N–H and O–H groups in total. The molecule has 11 heteroatoms. The predicted octanol–water partition coefficient (Wildman–Crippen LogP) is 2.16. The van der Waals surface area contributed by atoms with Crippen LogP contribution in [0.25, 0.3) is 0 Å². The number of anilines is 3. The molecule has 0 unspecified atom stereocenters. The normalized spacial score (nSPS) is 10.8. The molecule has 1 aromatic carbocycles. The van der Waals surface area contributed by atoms with Crippen LogP contribution < -0.4 is 21.1 Å². The molecule has 0 aliphatic rings. The molecule has 1 amide bonds. The van der Waals surface area contributed by atoms with Crippen LogP contribution in [0.2, 0.25) is 0 Å². The lowest BCUT2D eigenvalue weighted by Gasteiger charge is -2.19. The molecule has 2 aromatic rings. The van der Waals surface area contributed by atoms with E-state index in [4.69, 9.17) is 19.9 Å². The topological polar surface area (TPSA) is 151 Å². The van der Waals surface area contributed by atoms with Gasteiger partial charge in [-0.15, -0.1) is 0 Å². The van der Waals surface area contributed by atoms with E-state index in [0.717, 1.165) is 0 Å². The first-order valence-corrected chi connectivity index (χ1v) is 9.19. The Balaban J connectivity index is 1.87. The summed E-state index contributed by atoms with van der Waals surface area (Å²) < 4.78 is 15.5. The van der Waals surface area contributed by atoms with Crippen LogP contribution in [-0.4, -0.2) is 46.3 Å². The van der Waals surface area contributed by atoms with E-state index < -0.39 is 17.7 Å². The molecule has 0 atom stereocenters. The maximum absolute atomic E-state index is 11.9. The number of aromatic nitrogens is 3. The van der Waals surface area contributed by atoms with Gasteiger partial charge >= 0.3 is 12.1 Å². The van der Waals surface area contributed by atoms with Crippen molar-refractivity contribution in [3.05, 3.63) is 30.1 Å². The van der Waals surface area contributed by atoms with E-state index in [0.29, 0.717) is 11.4 Å². The number of carbonyl (C=O) groups is 2. The molecular formula is C19H26N6O5. The number of para-hydroxylation sites is 2. The Morgan fingerprint density at radius 2 is 1.87 bits per heavy atom. The Kier molecular flexibility index (Phi) is 7.73. The number of nitrogens with one attached hydrogen (secondary N) is 2. The lowest BCUT2D eigenvalue weighted by Crippen LogP contribution is -2.33. The number of nitrogens with two attached hydrogens (primary N) is 1. The van der Waals surface area contributed by atoms with Crippen molar-refractivity contribution in [3.8, 4) is 5.75 Å². The molecule has 0 fully saturated rings. The van der Waals surface area contributed by atoms with Gasteiger partial charge in [-0.25, -0.2) is 4.79 Å². The highest BCUT2D eigenvalue weighted by atomic mass is 16.6. The molecule has 0 saturated carbocycles.